The third-order valence-electron chi connectivity index (χ3n) is 2.24. The van der Waals surface area contributed by atoms with E-state index in [1.807, 2.05) is 26.8 Å². The van der Waals surface area contributed by atoms with Gasteiger partial charge in [0.05, 0.1) is 16.2 Å². The van der Waals surface area contributed by atoms with E-state index in [9.17, 15) is 0 Å². The van der Waals surface area contributed by atoms with Gasteiger partial charge in [-0.2, -0.15) is 10.1 Å². The van der Waals surface area contributed by atoms with Gasteiger partial charge in [-0.3, -0.25) is 0 Å². The second-order valence-electron chi connectivity index (χ2n) is 5.29. The monoisotopic (exact) mass is 311 g/mol. The van der Waals surface area contributed by atoms with E-state index in [0.29, 0.717) is 21.8 Å². The van der Waals surface area contributed by atoms with Gasteiger partial charge < -0.3 is 10.6 Å². The number of hydrogen-bond acceptors (Lipinski definition) is 5. The maximum atomic E-state index is 5.97. The molecule has 0 amide bonds. The molecule has 0 aliphatic carbocycles. The molecule has 2 aromatic rings. The third-order valence-corrected chi connectivity index (χ3v) is 2.98. The minimum atomic E-state index is -0.135. The number of halogens is 2. The van der Waals surface area contributed by atoms with Crippen molar-refractivity contribution in [1.82, 2.24) is 15.2 Å². The summed E-state index contributed by atoms with van der Waals surface area (Å²) in [5.41, 5.74) is 0.644. The molecule has 5 nitrogen and oxygen atoms in total. The fraction of sp³-hybridized carbons (Fsp3) is 0.308. The highest BCUT2D eigenvalue weighted by atomic mass is 35.5. The Morgan fingerprint density at radius 2 is 1.85 bits per heavy atom. The van der Waals surface area contributed by atoms with Gasteiger partial charge in [-0.25, -0.2) is 0 Å². The molecule has 1 heterocycles. The molecule has 1 aromatic carbocycles. The third kappa shape index (κ3) is 4.21. The first-order valence-corrected chi connectivity index (χ1v) is 6.79. The topological polar surface area (TPSA) is 62.7 Å². The predicted octanol–water partition coefficient (Wildman–Crippen LogP) is 4.13. The lowest BCUT2D eigenvalue weighted by Crippen LogP contribution is -2.27. The van der Waals surface area contributed by atoms with E-state index in [0.717, 1.165) is 5.69 Å². The molecule has 0 atom stereocenters. The summed E-state index contributed by atoms with van der Waals surface area (Å²) in [6.45, 7) is 6.07. The first kappa shape index (κ1) is 14.8. The largest absolute Gasteiger partial charge is 0.348 e. The van der Waals surface area contributed by atoms with Crippen LogP contribution in [0.1, 0.15) is 20.8 Å². The van der Waals surface area contributed by atoms with Gasteiger partial charge in [0.1, 0.15) is 0 Å². The summed E-state index contributed by atoms with van der Waals surface area (Å²) >= 11 is 11.8. The van der Waals surface area contributed by atoms with Crippen LogP contribution in [-0.2, 0) is 0 Å². The van der Waals surface area contributed by atoms with Gasteiger partial charge in [-0.15, -0.1) is 5.10 Å². The van der Waals surface area contributed by atoms with Gasteiger partial charge in [0.15, 0.2) is 5.82 Å². The molecule has 2 rings (SSSR count). The Morgan fingerprint density at radius 1 is 1.10 bits per heavy atom. The summed E-state index contributed by atoms with van der Waals surface area (Å²) in [4.78, 5) is 4.33. The van der Waals surface area contributed by atoms with Crippen molar-refractivity contribution >= 4 is 40.7 Å². The Kier molecular flexibility index (Phi) is 4.30. The molecule has 106 valence electrons. The highest BCUT2D eigenvalue weighted by molar-refractivity contribution is 6.42. The fourth-order valence-electron chi connectivity index (χ4n) is 1.47. The van der Waals surface area contributed by atoms with Crippen LogP contribution in [0.5, 0.6) is 0 Å². The molecule has 0 aliphatic rings. The minimum absolute atomic E-state index is 0.135. The molecule has 2 N–H and O–H groups in total. The molecule has 20 heavy (non-hydrogen) atoms. The summed E-state index contributed by atoms with van der Waals surface area (Å²) in [6, 6.07) is 5.26. The normalized spacial score (nSPS) is 11.2. The molecule has 0 bridgehead atoms. The maximum Gasteiger partial charge on any atom is 0.245 e. The molecular weight excluding hydrogens is 297 g/mol. The first-order chi connectivity index (χ1) is 9.33. The van der Waals surface area contributed by atoms with Crippen LogP contribution in [-0.4, -0.2) is 20.7 Å². The molecule has 7 heteroatoms. The zero-order valence-corrected chi connectivity index (χ0v) is 12.9. The van der Waals surface area contributed by atoms with Gasteiger partial charge >= 0.3 is 0 Å². The van der Waals surface area contributed by atoms with Crippen LogP contribution in [0.25, 0.3) is 0 Å². The molecule has 0 saturated carbocycles. The van der Waals surface area contributed by atoms with E-state index in [1.165, 1.54) is 6.20 Å². The van der Waals surface area contributed by atoms with Gasteiger partial charge in [-0.1, -0.05) is 23.2 Å². The number of aromatic nitrogens is 3. The van der Waals surface area contributed by atoms with Crippen LogP contribution in [0.2, 0.25) is 10.0 Å². The molecule has 0 fully saturated rings. The average molecular weight is 312 g/mol. The van der Waals surface area contributed by atoms with E-state index in [1.54, 1.807) is 12.1 Å². The quantitative estimate of drug-likeness (QED) is 0.892. The minimum Gasteiger partial charge on any atom is -0.348 e. The average Bonchev–Trinajstić information content (AvgIpc) is 2.32. The Bertz CT molecular complexity index is 610. The van der Waals surface area contributed by atoms with Crippen molar-refractivity contribution < 1.29 is 0 Å². The summed E-state index contributed by atoms with van der Waals surface area (Å²) in [5, 5.41) is 15.1. The first-order valence-electron chi connectivity index (χ1n) is 6.03. The van der Waals surface area contributed by atoms with Gasteiger partial charge in [0.25, 0.3) is 0 Å². The van der Waals surface area contributed by atoms with Crippen LogP contribution in [0.3, 0.4) is 0 Å². The van der Waals surface area contributed by atoms with E-state index >= 15 is 0 Å². The summed E-state index contributed by atoms with van der Waals surface area (Å²) in [6.07, 6.45) is 1.54. The molecule has 0 aliphatic heterocycles. The Balaban J connectivity index is 2.17. The van der Waals surface area contributed by atoms with E-state index in [4.69, 9.17) is 23.2 Å². The number of anilines is 3. The van der Waals surface area contributed by atoms with Crippen molar-refractivity contribution in [2.45, 2.75) is 26.3 Å². The van der Waals surface area contributed by atoms with Gasteiger partial charge in [0, 0.05) is 11.2 Å². The number of nitrogens with one attached hydrogen (secondary N) is 2. The van der Waals surface area contributed by atoms with Crippen LogP contribution in [0.15, 0.2) is 24.4 Å². The number of nitrogens with zero attached hydrogens (tertiary/aromatic N) is 3. The van der Waals surface area contributed by atoms with E-state index < -0.39 is 0 Å². The zero-order valence-electron chi connectivity index (χ0n) is 11.4. The number of rotatable bonds is 3. The van der Waals surface area contributed by atoms with Crippen molar-refractivity contribution in [3.8, 4) is 0 Å². The fourth-order valence-corrected chi connectivity index (χ4v) is 1.77. The molecule has 0 radical (unpaired) electrons. The number of hydrogen-bond donors (Lipinski definition) is 2. The Labute approximate surface area is 127 Å². The predicted molar refractivity (Wildman–Crippen MR) is 82.9 cm³/mol. The van der Waals surface area contributed by atoms with Crippen LogP contribution in [0, 0.1) is 0 Å². The molecule has 0 spiro atoms. The lowest BCUT2D eigenvalue weighted by molar-refractivity contribution is 0.623. The Hall–Kier alpha value is -1.59. The molecular formula is C13H15Cl2N5. The molecule has 1 aromatic heterocycles. The summed E-state index contributed by atoms with van der Waals surface area (Å²) in [5.74, 6) is 1.03. The van der Waals surface area contributed by atoms with Crippen LogP contribution < -0.4 is 10.6 Å². The van der Waals surface area contributed by atoms with Crippen molar-refractivity contribution in [1.29, 1.82) is 0 Å². The van der Waals surface area contributed by atoms with E-state index in [2.05, 4.69) is 25.8 Å². The second kappa shape index (κ2) is 5.81. The second-order valence-corrected chi connectivity index (χ2v) is 6.11. The lowest BCUT2D eigenvalue weighted by Gasteiger charge is -2.20. The maximum absolute atomic E-state index is 5.97. The lowest BCUT2D eigenvalue weighted by atomic mass is 10.1. The van der Waals surface area contributed by atoms with Gasteiger partial charge in [0.2, 0.25) is 5.95 Å². The van der Waals surface area contributed by atoms with Crippen molar-refractivity contribution in [3.63, 3.8) is 0 Å². The van der Waals surface area contributed by atoms with Crippen molar-refractivity contribution in [2.24, 2.45) is 0 Å². The van der Waals surface area contributed by atoms with Gasteiger partial charge in [-0.05, 0) is 39.0 Å². The standard InChI is InChI=1S/C13H15Cl2N5/c1-13(2,3)19-12-18-11(7-16-20-12)17-8-4-5-9(14)10(15)6-8/h4-7H,1-3H3,(H2,17,18,19,20). The SMILES string of the molecule is CC(C)(C)Nc1nncc(Nc2ccc(Cl)c(Cl)c2)n1. The zero-order chi connectivity index (χ0) is 14.8. The highest BCUT2D eigenvalue weighted by Gasteiger charge is 2.12. The molecule has 0 unspecified atom stereocenters. The molecule has 0 saturated heterocycles. The van der Waals surface area contributed by atoms with Crippen molar-refractivity contribution in [3.05, 3.63) is 34.4 Å². The smallest absolute Gasteiger partial charge is 0.245 e. The van der Waals surface area contributed by atoms with Crippen LogP contribution in [0.4, 0.5) is 17.5 Å². The van der Waals surface area contributed by atoms with Crippen molar-refractivity contribution in [2.75, 3.05) is 10.6 Å². The number of benzene rings is 1. The van der Waals surface area contributed by atoms with E-state index in [-0.39, 0.29) is 5.54 Å². The summed E-state index contributed by atoms with van der Waals surface area (Å²) < 4.78 is 0. The van der Waals surface area contributed by atoms with Crippen LogP contribution >= 0.6 is 23.2 Å². The highest BCUT2D eigenvalue weighted by Crippen LogP contribution is 2.26. The summed E-state index contributed by atoms with van der Waals surface area (Å²) in [7, 11) is 0. The Morgan fingerprint density at radius 3 is 2.50 bits per heavy atom.